The Morgan fingerprint density at radius 2 is 1.65 bits per heavy atom. The first-order valence-electron chi connectivity index (χ1n) is 12.7. The Hall–Kier alpha value is -3.75. The van der Waals surface area contributed by atoms with E-state index in [0.717, 1.165) is 55.2 Å². The van der Waals surface area contributed by atoms with Gasteiger partial charge in [-0.2, -0.15) is 13.2 Å². The highest BCUT2D eigenvalue weighted by Crippen LogP contribution is 2.54. The van der Waals surface area contributed by atoms with E-state index in [9.17, 15) is 36.7 Å². The minimum absolute atomic E-state index is 0.101. The zero-order chi connectivity index (χ0) is 30.6. The van der Waals surface area contributed by atoms with Crippen molar-refractivity contribution in [2.45, 2.75) is 28.9 Å². The van der Waals surface area contributed by atoms with E-state index in [-0.39, 0.29) is 5.69 Å². The predicted molar refractivity (Wildman–Crippen MR) is 157 cm³/mol. The molecule has 7 nitrogen and oxygen atoms in total. The van der Waals surface area contributed by atoms with Crippen LogP contribution in [0.5, 0.6) is 0 Å². The van der Waals surface area contributed by atoms with Gasteiger partial charge in [0.1, 0.15) is 17.6 Å². The molecule has 4 aromatic rings. The minimum Gasteiger partial charge on any atom is -0.325 e. The Kier molecular flexibility index (Phi) is 7.55. The van der Waals surface area contributed by atoms with Gasteiger partial charge in [0.05, 0.1) is 22.2 Å². The van der Waals surface area contributed by atoms with E-state index >= 15 is 0 Å². The standard InChI is InChI=1S/C29H18BrF4N3O4S2/c30-16-6-10-19(11-7-16)37-25(39)22-21(14-4-8-17(31)9-5-14)24-27(42-23(22)26(37)40)36(28(41)43-24)13-20(38)35-18-3-1-2-15(12-18)29(32,33)34/h1-12,21-23H,13H2,(H,35,38)/t21-,22+,23-/m0/s1. The van der Waals surface area contributed by atoms with Crippen LogP contribution in [0.1, 0.15) is 21.9 Å². The highest BCUT2D eigenvalue weighted by molar-refractivity contribution is 9.10. The molecule has 1 saturated heterocycles. The molecule has 0 bridgehead atoms. The summed E-state index contributed by atoms with van der Waals surface area (Å²) in [7, 11) is 0. The van der Waals surface area contributed by atoms with Gasteiger partial charge < -0.3 is 5.32 Å². The number of aromatic nitrogens is 1. The van der Waals surface area contributed by atoms with Crippen LogP contribution < -0.4 is 15.1 Å². The lowest BCUT2D eigenvalue weighted by Crippen LogP contribution is -2.33. The van der Waals surface area contributed by atoms with Gasteiger partial charge in [-0.25, -0.2) is 9.29 Å². The summed E-state index contributed by atoms with van der Waals surface area (Å²) in [6, 6.07) is 16.2. The summed E-state index contributed by atoms with van der Waals surface area (Å²) >= 11 is 5.13. The molecule has 1 N–H and O–H groups in total. The van der Waals surface area contributed by atoms with Crippen LogP contribution in [-0.4, -0.2) is 27.5 Å². The van der Waals surface area contributed by atoms with Gasteiger partial charge in [-0.1, -0.05) is 57.2 Å². The first-order chi connectivity index (χ1) is 20.4. The van der Waals surface area contributed by atoms with Crippen molar-refractivity contribution in [3.63, 3.8) is 0 Å². The molecule has 0 unspecified atom stereocenters. The molecule has 0 saturated carbocycles. The summed E-state index contributed by atoms with van der Waals surface area (Å²) in [5, 5.41) is 1.73. The molecule has 43 heavy (non-hydrogen) atoms. The first-order valence-corrected chi connectivity index (χ1v) is 15.2. The summed E-state index contributed by atoms with van der Waals surface area (Å²) < 4.78 is 55.2. The smallest absolute Gasteiger partial charge is 0.325 e. The molecule has 3 atom stereocenters. The quantitative estimate of drug-likeness (QED) is 0.197. The third-order valence-electron chi connectivity index (χ3n) is 7.14. The molecule has 0 aliphatic carbocycles. The zero-order valence-corrected chi connectivity index (χ0v) is 24.8. The topological polar surface area (TPSA) is 88.5 Å². The van der Waals surface area contributed by atoms with E-state index in [1.165, 1.54) is 30.3 Å². The van der Waals surface area contributed by atoms with Crippen LogP contribution in [0.3, 0.4) is 0 Å². The number of fused-ring (bicyclic) bond motifs is 2. The molecule has 6 rings (SSSR count). The number of thiazole rings is 1. The number of rotatable bonds is 5. The molecule has 1 fully saturated rings. The number of alkyl halides is 3. The normalized spacial score (nSPS) is 19.7. The Bertz CT molecular complexity index is 1820. The molecular weight excluding hydrogens is 674 g/mol. The molecular formula is C29H18BrF4N3O4S2. The molecule has 1 aromatic heterocycles. The van der Waals surface area contributed by atoms with E-state index in [2.05, 4.69) is 21.2 Å². The van der Waals surface area contributed by atoms with E-state index in [4.69, 9.17) is 0 Å². The highest BCUT2D eigenvalue weighted by atomic mass is 79.9. The van der Waals surface area contributed by atoms with E-state index in [0.29, 0.717) is 21.2 Å². The average Bonchev–Trinajstić information content (AvgIpc) is 3.40. The maximum absolute atomic E-state index is 13.9. The summed E-state index contributed by atoms with van der Waals surface area (Å²) in [6.07, 6.45) is -4.61. The number of imide groups is 1. The second-order valence-corrected chi connectivity index (χ2v) is 12.9. The van der Waals surface area contributed by atoms with Gasteiger partial charge in [-0.3, -0.25) is 23.7 Å². The van der Waals surface area contributed by atoms with Crippen molar-refractivity contribution in [2.75, 3.05) is 10.2 Å². The Balaban J connectivity index is 1.37. The number of halogens is 5. The molecule has 3 amide bonds. The van der Waals surface area contributed by atoms with Crippen LogP contribution in [0, 0.1) is 11.7 Å². The van der Waals surface area contributed by atoms with Gasteiger partial charge in [0, 0.05) is 21.0 Å². The van der Waals surface area contributed by atoms with Crippen molar-refractivity contribution in [3.8, 4) is 0 Å². The summed E-state index contributed by atoms with van der Waals surface area (Å²) in [6.45, 7) is -0.542. The molecule has 2 aliphatic rings. The van der Waals surface area contributed by atoms with E-state index in [1.54, 1.807) is 24.3 Å². The lowest BCUT2D eigenvalue weighted by atomic mass is 9.83. The Labute approximate surface area is 257 Å². The maximum atomic E-state index is 13.9. The third-order valence-corrected chi connectivity index (χ3v) is 10.3. The summed E-state index contributed by atoms with van der Waals surface area (Å²) in [5.41, 5.74) is -0.166. The number of carbonyl (C=O) groups excluding carboxylic acids is 3. The molecule has 0 radical (unpaired) electrons. The van der Waals surface area contributed by atoms with Crippen LogP contribution in [-0.2, 0) is 27.1 Å². The van der Waals surface area contributed by atoms with Crippen LogP contribution in [0.2, 0.25) is 0 Å². The van der Waals surface area contributed by atoms with Crippen LogP contribution >= 0.6 is 39.0 Å². The molecule has 14 heteroatoms. The van der Waals surface area contributed by atoms with Gasteiger partial charge in [-0.15, -0.1) is 0 Å². The minimum atomic E-state index is -4.61. The Morgan fingerprint density at radius 3 is 2.33 bits per heavy atom. The van der Waals surface area contributed by atoms with Crippen molar-refractivity contribution in [1.29, 1.82) is 0 Å². The van der Waals surface area contributed by atoms with Crippen LogP contribution in [0.4, 0.5) is 28.9 Å². The number of anilines is 2. The lowest BCUT2D eigenvalue weighted by Gasteiger charge is -2.30. The largest absolute Gasteiger partial charge is 0.416 e. The number of thioether (sulfide) groups is 1. The number of amides is 3. The van der Waals surface area contributed by atoms with Crippen molar-refractivity contribution in [3.05, 3.63) is 109 Å². The van der Waals surface area contributed by atoms with Crippen molar-refractivity contribution in [2.24, 2.45) is 5.92 Å². The van der Waals surface area contributed by atoms with E-state index in [1.807, 2.05) is 0 Å². The SMILES string of the molecule is O=C(Cn1c2c(sc1=O)[C@@H](c1ccc(F)cc1)[C@H]1C(=O)N(c3ccc(Br)cc3)C(=O)[C@H]1S2)Nc1cccc(C(F)(F)F)c1. The fourth-order valence-corrected chi connectivity index (χ4v) is 8.28. The van der Waals surface area contributed by atoms with Crippen LogP contribution in [0.25, 0.3) is 0 Å². The first kappa shape index (κ1) is 29.3. The van der Waals surface area contributed by atoms with Crippen molar-refractivity contribution >= 4 is 68.1 Å². The zero-order valence-electron chi connectivity index (χ0n) is 21.6. The van der Waals surface area contributed by atoms with Gasteiger partial charge in [0.2, 0.25) is 17.7 Å². The fourth-order valence-electron chi connectivity index (χ4n) is 5.25. The highest BCUT2D eigenvalue weighted by Gasteiger charge is 2.56. The second kappa shape index (κ2) is 11.1. The summed E-state index contributed by atoms with van der Waals surface area (Å²) in [4.78, 5) is 54.7. The predicted octanol–water partition coefficient (Wildman–Crippen LogP) is 6.26. The van der Waals surface area contributed by atoms with Gasteiger partial charge in [-0.05, 0) is 60.2 Å². The van der Waals surface area contributed by atoms with E-state index < -0.39 is 63.8 Å². The number of carbonyl (C=O) groups is 3. The molecule has 3 heterocycles. The number of hydrogen-bond donors (Lipinski definition) is 1. The lowest BCUT2D eigenvalue weighted by molar-refractivity contribution is -0.137. The maximum Gasteiger partial charge on any atom is 0.416 e. The Morgan fingerprint density at radius 1 is 0.953 bits per heavy atom. The molecule has 0 spiro atoms. The van der Waals surface area contributed by atoms with Gasteiger partial charge in [0.15, 0.2) is 0 Å². The van der Waals surface area contributed by atoms with Gasteiger partial charge in [0.25, 0.3) is 0 Å². The number of benzene rings is 3. The number of nitrogens with one attached hydrogen (secondary N) is 1. The van der Waals surface area contributed by atoms with Crippen molar-refractivity contribution in [1.82, 2.24) is 4.57 Å². The molecule has 3 aromatic carbocycles. The number of nitrogens with zero attached hydrogens (tertiary/aromatic N) is 2. The van der Waals surface area contributed by atoms with Crippen molar-refractivity contribution < 1.29 is 31.9 Å². The monoisotopic (exact) mass is 691 g/mol. The van der Waals surface area contributed by atoms with Gasteiger partial charge >= 0.3 is 11.0 Å². The van der Waals surface area contributed by atoms with Crippen LogP contribution in [0.15, 0.2) is 87.1 Å². The number of hydrogen-bond acceptors (Lipinski definition) is 6. The fraction of sp³-hybridized carbons (Fsp3) is 0.172. The third kappa shape index (κ3) is 5.43. The second-order valence-electron chi connectivity index (χ2n) is 9.83. The average molecular weight is 693 g/mol. The summed E-state index contributed by atoms with van der Waals surface area (Å²) in [5.74, 6) is -3.94. The molecule has 220 valence electrons. The molecule has 2 aliphatic heterocycles.